The highest BCUT2D eigenvalue weighted by Crippen LogP contribution is 2.41. The second-order valence-corrected chi connectivity index (χ2v) is 10.8. The molecule has 1 atom stereocenters. The Hall–Kier alpha value is -4.22. The predicted molar refractivity (Wildman–Crippen MR) is 156 cm³/mol. The first kappa shape index (κ1) is 27.8. The third-order valence-corrected chi connectivity index (χ3v) is 7.67. The number of furan rings is 1. The van der Waals surface area contributed by atoms with E-state index in [1.807, 2.05) is 56.3 Å². The number of nitriles is 1. The van der Waals surface area contributed by atoms with Crippen LogP contribution in [0.4, 0.5) is 11.4 Å². The number of benzene rings is 2. The Morgan fingerprint density at radius 1 is 1.03 bits per heavy atom. The largest absolute Gasteiger partial charge is 0.468 e. The highest BCUT2D eigenvalue weighted by atomic mass is 32.2. The van der Waals surface area contributed by atoms with Crippen molar-refractivity contribution in [3.8, 4) is 6.07 Å². The second-order valence-electron chi connectivity index (χ2n) is 9.80. The molecule has 1 unspecified atom stereocenters. The van der Waals surface area contributed by atoms with Crippen molar-refractivity contribution in [2.45, 2.75) is 46.5 Å². The number of amides is 2. The molecule has 0 aliphatic carbocycles. The number of hydrogen-bond donors (Lipinski definition) is 3. The molecular formula is C31H32N4O3S. The first-order valence-electron chi connectivity index (χ1n) is 12.7. The van der Waals surface area contributed by atoms with Gasteiger partial charge in [-0.1, -0.05) is 55.9 Å². The van der Waals surface area contributed by atoms with Gasteiger partial charge in [0.2, 0.25) is 5.91 Å². The van der Waals surface area contributed by atoms with Gasteiger partial charge in [-0.05, 0) is 67.6 Å². The summed E-state index contributed by atoms with van der Waals surface area (Å²) in [5, 5.41) is 19.9. The molecule has 0 spiro atoms. The predicted octanol–water partition coefficient (Wildman–Crippen LogP) is 6.73. The maximum absolute atomic E-state index is 13.6. The molecule has 1 aliphatic heterocycles. The molecule has 3 N–H and O–H groups in total. The van der Waals surface area contributed by atoms with E-state index in [-0.39, 0.29) is 17.6 Å². The number of dihydropyridines is 1. The number of para-hydroxylation sites is 1. The highest BCUT2D eigenvalue weighted by molar-refractivity contribution is 8.03. The molecule has 8 heteroatoms. The lowest BCUT2D eigenvalue weighted by Gasteiger charge is -2.28. The number of nitrogens with one attached hydrogen (secondary N) is 3. The van der Waals surface area contributed by atoms with Crippen LogP contribution in [0.1, 0.15) is 55.1 Å². The normalized spacial score (nSPS) is 15.2. The summed E-state index contributed by atoms with van der Waals surface area (Å²) in [7, 11) is 0. The Morgan fingerprint density at radius 3 is 2.31 bits per heavy atom. The van der Waals surface area contributed by atoms with Gasteiger partial charge in [-0.3, -0.25) is 9.59 Å². The highest BCUT2D eigenvalue weighted by Gasteiger charge is 2.36. The number of rotatable bonds is 8. The number of carbonyl (C=O) groups excluding carboxylic acids is 2. The molecule has 0 bridgehead atoms. The number of nitrogens with zero attached hydrogens (tertiary/aromatic N) is 1. The smallest absolute Gasteiger partial charge is 0.254 e. The van der Waals surface area contributed by atoms with Crippen LogP contribution in [0, 0.1) is 25.2 Å². The van der Waals surface area contributed by atoms with Gasteiger partial charge >= 0.3 is 0 Å². The average Bonchev–Trinajstić information content (AvgIpc) is 3.44. The van der Waals surface area contributed by atoms with E-state index < -0.39 is 5.92 Å². The van der Waals surface area contributed by atoms with Crippen molar-refractivity contribution in [3.63, 3.8) is 0 Å². The number of allylic oxidation sites excluding steroid dienone is 2. The number of thioether (sulfide) groups is 1. The van der Waals surface area contributed by atoms with Crippen LogP contribution in [0.25, 0.3) is 0 Å². The minimum absolute atomic E-state index is 0.0849. The van der Waals surface area contributed by atoms with Gasteiger partial charge in [0, 0.05) is 17.1 Å². The van der Waals surface area contributed by atoms with E-state index in [0.717, 1.165) is 16.8 Å². The first-order valence-corrected chi connectivity index (χ1v) is 13.7. The number of carbonyl (C=O) groups is 2. The van der Waals surface area contributed by atoms with Crippen molar-refractivity contribution in [1.29, 1.82) is 5.26 Å². The molecule has 0 saturated heterocycles. The average molecular weight is 541 g/mol. The maximum atomic E-state index is 13.6. The van der Waals surface area contributed by atoms with E-state index in [1.54, 1.807) is 19.1 Å². The number of aryl methyl sites for hydroxylation is 2. The Bertz CT molecular complexity index is 1460. The summed E-state index contributed by atoms with van der Waals surface area (Å²) in [5.74, 6) is -0.264. The molecule has 2 aromatic carbocycles. The molecule has 39 heavy (non-hydrogen) atoms. The zero-order valence-electron chi connectivity index (χ0n) is 22.7. The van der Waals surface area contributed by atoms with Crippen molar-refractivity contribution in [3.05, 3.63) is 105 Å². The topological polar surface area (TPSA) is 107 Å². The Morgan fingerprint density at radius 2 is 1.72 bits per heavy atom. The Balaban J connectivity index is 1.56. The monoisotopic (exact) mass is 540 g/mol. The van der Waals surface area contributed by atoms with E-state index in [0.29, 0.717) is 39.2 Å². The molecule has 1 aliphatic rings. The Kier molecular flexibility index (Phi) is 8.62. The van der Waals surface area contributed by atoms with E-state index in [4.69, 9.17) is 4.42 Å². The second kappa shape index (κ2) is 12.1. The van der Waals surface area contributed by atoms with Crippen LogP contribution >= 0.6 is 11.8 Å². The van der Waals surface area contributed by atoms with Crippen LogP contribution in [-0.2, 0) is 9.59 Å². The fourth-order valence-corrected chi connectivity index (χ4v) is 5.44. The fourth-order valence-electron chi connectivity index (χ4n) is 4.55. The van der Waals surface area contributed by atoms with E-state index >= 15 is 0 Å². The van der Waals surface area contributed by atoms with Gasteiger partial charge in [0.05, 0.1) is 40.2 Å². The maximum Gasteiger partial charge on any atom is 0.254 e. The summed E-state index contributed by atoms with van der Waals surface area (Å²) in [5.41, 5.74) is 5.83. The summed E-state index contributed by atoms with van der Waals surface area (Å²) in [6.07, 6.45) is 1.52. The van der Waals surface area contributed by atoms with Crippen LogP contribution in [0.2, 0.25) is 0 Å². The Labute approximate surface area is 233 Å². The quantitative estimate of drug-likeness (QED) is 0.293. The van der Waals surface area contributed by atoms with Gasteiger partial charge < -0.3 is 20.4 Å². The molecule has 3 aromatic rings. The molecule has 0 fully saturated rings. The van der Waals surface area contributed by atoms with Crippen molar-refractivity contribution < 1.29 is 14.0 Å². The summed E-state index contributed by atoms with van der Waals surface area (Å²) in [6, 6.07) is 19.3. The van der Waals surface area contributed by atoms with Gasteiger partial charge in [-0.15, -0.1) is 0 Å². The molecule has 0 radical (unpaired) electrons. The molecular weight excluding hydrogens is 508 g/mol. The molecule has 4 rings (SSSR count). The van der Waals surface area contributed by atoms with Crippen molar-refractivity contribution >= 4 is 35.0 Å². The summed E-state index contributed by atoms with van der Waals surface area (Å²) >= 11 is 1.22. The van der Waals surface area contributed by atoms with Gasteiger partial charge in [-0.25, -0.2) is 0 Å². The number of hydrogen-bond acceptors (Lipinski definition) is 6. The van der Waals surface area contributed by atoms with Crippen molar-refractivity contribution in [2.75, 3.05) is 16.4 Å². The zero-order valence-corrected chi connectivity index (χ0v) is 23.5. The van der Waals surface area contributed by atoms with Crippen molar-refractivity contribution in [2.24, 2.45) is 0 Å². The minimum atomic E-state index is -0.718. The lowest BCUT2D eigenvalue weighted by molar-refractivity contribution is -0.114. The van der Waals surface area contributed by atoms with Crippen LogP contribution in [-0.4, -0.2) is 17.6 Å². The molecule has 7 nitrogen and oxygen atoms in total. The van der Waals surface area contributed by atoms with E-state index in [9.17, 15) is 14.9 Å². The standard InChI is InChI=1S/C31H32N4O3S/c1-18(2)22-11-13-23(14-12-22)34-26(36)17-39-31-24(16-32)28(25-10-7-15-38-25)27(21(5)33-31)30(37)35-29-19(3)8-6-9-20(29)4/h6-15,18,28,33H,17H2,1-5H3,(H,34,36)(H,35,37). The third kappa shape index (κ3) is 6.27. The molecule has 2 amide bonds. The van der Waals surface area contributed by atoms with Gasteiger partial charge in [0.15, 0.2) is 0 Å². The van der Waals surface area contributed by atoms with E-state index in [1.165, 1.54) is 23.6 Å². The third-order valence-electron chi connectivity index (χ3n) is 6.65. The summed E-state index contributed by atoms with van der Waals surface area (Å²) in [6.45, 7) is 9.90. The van der Waals surface area contributed by atoms with Crippen LogP contribution in [0.15, 0.2) is 87.1 Å². The lowest BCUT2D eigenvalue weighted by atomic mass is 9.85. The van der Waals surface area contributed by atoms with Crippen LogP contribution in [0.3, 0.4) is 0 Å². The molecule has 2 heterocycles. The van der Waals surface area contributed by atoms with E-state index in [2.05, 4.69) is 35.9 Å². The first-order chi connectivity index (χ1) is 18.7. The summed E-state index contributed by atoms with van der Waals surface area (Å²) < 4.78 is 5.70. The van der Waals surface area contributed by atoms with Crippen LogP contribution < -0.4 is 16.0 Å². The van der Waals surface area contributed by atoms with Crippen LogP contribution in [0.5, 0.6) is 0 Å². The lowest BCUT2D eigenvalue weighted by Crippen LogP contribution is -2.31. The fraction of sp³-hybridized carbons (Fsp3) is 0.258. The molecule has 0 saturated carbocycles. The molecule has 1 aromatic heterocycles. The number of anilines is 2. The van der Waals surface area contributed by atoms with Gasteiger partial charge in [0.25, 0.3) is 5.91 Å². The summed E-state index contributed by atoms with van der Waals surface area (Å²) in [4.78, 5) is 26.4. The zero-order chi connectivity index (χ0) is 28.1. The molecule has 200 valence electrons. The SMILES string of the molecule is CC1=C(C(=O)Nc2c(C)cccc2C)C(c2ccco2)C(C#N)=C(SCC(=O)Nc2ccc(C(C)C)cc2)N1. The van der Waals surface area contributed by atoms with Gasteiger partial charge in [-0.2, -0.15) is 5.26 Å². The minimum Gasteiger partial charge on any atom is -0.468 e. The van der Waals surface area contributed by atoms with Gasteiger partial charge in [0.1, 0.15) is 5.76 Å². The van der Waals surface area contributed by atoms with Crippen molar-refractivity contribution in [1.82, 2.24) is 5.32 Å².